The highest BCUT2D eigenvalue weighted by molar-refractivity contribution is 6.80. The monoisotopic (exact) mass is 555 g/mol. The third-order valence-electron chi connectivity index (χ3n) is 6.58. The topological polar surface area (TPSA) is 94.6 Å². The fraction of sp³-hybridized carbons (Fsp3) is 1.00. The number of rotatable bonds is 11. The van der Waals surface area contributed by atoms with E-state index in [1.165, 1.54) is 0 Å². The molecule has 3 unspecified atom stereocenters. The Labute approximate surface area is 215 Å². The maximum Gasteiger partial charge on any atom is 0.346 e. The lowest BCUT2D eigenvalue weighted by atomic mass is 10.5. The highest BCUT2D eigenvalue weighted by Gasteiger charge is 2.44. The number of ether oxygens (including phenoxy) is 3. The largest absolute Gasteiger partial charge is 0.413 e. The SMILES string of the molecule is CO[Si](C)(CN1CCOCC1)O[Si](C)(CN1CCOCC1)OC.CO[Si](C)(O)CN1CCOCC1. The Morgan fingerprint density at radius 3 is 1.17 bits per heavy atom. The van der Waals surface area contributed by atoms with Gasteiger partial charge in [-0.3, -0.25) is 14.7 Å². The summed E-state index contributed by atoms with van der Waals surface area (Å²) in [5.41, 5.74) is 0. The first kappa shape index (κ1) is 31.4. The second-order valence-electron chi connectivity index (χ2n) is 9.82. The van der Waals surface area contributed by atoms with Gasteiger partial charge in [0.2, 0.25) is 0 Å². The molecule has 3 aliphatic heterocycles. The van der Waals surface area contributed by atoms with E-state index in [2.05, 4.69) is 27.8 Å². The van der Waals surface area contributed by atoms with Gasteiger partial charge < -0.3 is 36.4 Å². The van der Waals surface area contributed by atoms with Crippen LogP contribution in [0.1, 0.15) is 0 Å². The third-order valence-corrected chi connectivity index (χ3v) is 15.7. The van der Waals surface area contributed by atoms with Crippen LogP contribution in [0.25, 0.3) is 0 Å². The van der Waals surface area contributed by atoms with Gasteiger partial charge in [-0.1, -0.05) is 0 Å². The van der Waals surface area contributed by atoms with Gasteiger partial charge in [0.25, 0.3) is 0 Å². The molecular weight excluding hydrogens is 507 g/mol. The summed E-state index contributed by atoms with van der Waals surface area (Å²) >= 11 is 0. The molecule has 208 valence electrons. The molecule has 14 heteroatoms. The van der Waals surface area contributed by atoms with E-state index < -0.39 is 25.7 Å². The second kappa shape index (κ2) is 15.6. The number of hydrogen-bond acceptors (Lipinski definition) is 11. The van der Waals surface area contributed by atoms with Crippen molar-refractivity contribution in [2.45, 2.75) is 19.6 Å². The van der Waals surface area contributed by atoms with Crippen LogP contribution in [0.4, 0.5) is 0 Å². The second-order valence-corrected chi connectivity index (χ2v) is 19.7. The molecule has 0 aromatic rings. The zero-order chi connectivity index (χ0) is 25.8. The van der Waals surface area contributed by atoms with E-state index in [-0.39, 0.29) is 0 Å². The van der Waals surface area contributed by atoms with Gasteiger partial charge in [-0.25, -0.2) is 0 Å². The van der Waals surface area contributed by atoms with Crippen LogP contribution >= 0.6 is 0 Å². The van der Waals surface area contributed by atoms with Gasteiger partial charge in [-0.2, -0.15) is 0 Å². The van der Waals surface area contributed by atoms with Gasteiger partial charge in [0.05, 0.1) is 39.6 Å². The minimum Gasteiger partial charge on any atom is -0.413 e. The fourth-order valence-electron chi connectivity index (χ4n) is 4.30. The zero-order valence-corrected chi connectivity index (χ0v) is 25.8. The Hall–Kier alpha value is 0.211. The summed E-state index contributed by atoms with van der Waals surface area (Å²) in [6.45, 7) is 16.4. The lowest BCUT2D eigenvalue weighted by molar-refractivity contribution is 0.0374. The van der Waals surface area contributed by atoms with Crippen LogP contribution in [0, 0.1) is 0 Å². The van der Waals surface area contributed by atoms with Gasteiger partial charge in [0.15, 0.2) is 0 Å². The Kier molecular flexibility index (Phi) is 14.0. The molecule has 0 saturated carbocycles. The molecule has 35 heavy (non-hydrogen) atoms. The quantitative estimate of drug-likeness (QED) is 0.342. The van der Waals surface area contributed by atoms with E-state index in [1.54, 1.807) is 21.3 Å². The van der Waals surface area contributed by atoms with E-state index in [1.807, 2.05) is 6.55 Å². The first-order valence-electron chi connectivity index (χ1n) is 12.6. The molecule has 0 aliphatic carbocycles. The molecule has 0 amide bonds. The molecule has 1 N–H and O–H groups in total. The van der Waals surface area contributed by atoms with Crippen molar-refractivity contribution in [1.82, 2.24) is 14.7 Å². The first-order chi connectivity index (χ1) is 16.6. The number of hydrogen-bond donors (Lipinski definition) is 1. The summed E-state index contributed by atoms with van der Waals surface area (Å²) in [6.07, 6.45) is 2.41. The van der Waals surface area contributed by atoms with Crippen LogP contribution in [-0.2, 0) is 31.6 Å². The molecule has 3 saturated heterocycles. The maximum atomic E-state index is 9.71. The Morgan fingerprint density at radius 2 is 0.886 bits per heavy atom. The van der Waals surface area contributed by atoms with E-state index in [4.69, 9.17) is 31.6 Å². The van der Waals surface area contributed by atoms with E-state index in [0.717, 1.165) is 91.2 Å². The minimum absolute atomic E-state index is 0.687. The first-order valence-corrected chi connectivity index (χ1v) is 20.2. The van der Waals surface area contributed by atoms with Crippen LogP contribution in [-0.4, -0.2) is 164 Å². The van der Waals surface area contributed by atoms with E-state index in [9.17, 15) is 4.80 Å². The summed E-state index contributed by atoms with van der Waals surface area (Å²) in [4.78, 5) is 16.7. The predicted octanol–water partition coefficient (Wildman–Crippen LogP) is -0.249. The van der Waals surface area contributed by atoms with Gasteiger partial charge in [-0.05, 0) is 19.6 Å². The summed E-state index contributed by atoms with van der Waals surface area (Å²) in [6, 6.07) is 0. The fourth-order valence-corrected chi connectivity index (χ4v) is 12.9. The number of nitrogens with zero attached hydrogens (tertiary/aromatic N) is 3. The molecule has 3 aliphatic rings. The van der Waals surface area contributed by atoms with Crippen LogP contribution < -0.4 is 0 Å². The van der Waals surface area contributed by atoms with Crippen molar-refractivity contribution in [2.75, 3.05) is 119 Å². The van der Waals surface area contributed by atoms with Crippen molar-refractivity contribution in [3.8, 4) is 0 Å². The average molecular weight is 556 g/mol. The van der Waals surface area contributed by atoms with Gasteiger partial charge >= 0.3 is 25.7 Å². The normalized spacial score (nSPS) is 26.1. The minimum atomic E-state index is -2.39. The van der Waals surface area contributed by atoms with Crippen molar-refractivity contribution in [3.63, 3.8) is 0 Å². The van der Waals surface area contributed by atoms with Crippen molar-refractivity contribution in [2.24, 2.45) is 0 Å². The smallest absolute Gasteiger partial charge is 0.346 e. The predicted molar refractivity (Wildman–Crippen MR) is 141 cm³/mol. The van der Waals surface area contributed by atoms with Crippen LogP contribution in [0.2, 0.25) is 19.6 Å². The summed E-state index contributed by atoms with van der Waals surface area (Å²) in [5, 5.41) is 0. The Bertz CT molecular complexity index is 550. The Morgan fingerprint density at radius 1 is 0.571 bits per heavy atom. The molecule has 3 fully saturated rings. The average Bonchev–Trinajstić information content (AvgIpc) is 2.86. The third kappa shape index (κ3) is 12.1. The van der Waals surface area contributed by atoms with Crippen molar-refractivity contribution in [1.29, 1.82) is 0 Å². The summed E-state index contributed by atoms with van der Waals surface area (Å²) in [7, 11) is -1.88. The molecule has 0 spiro atoms. The van der Waals surface area contributed by atoms with Crippen LogP contribution in [0.3, 0.4) is 0 Å². The molecule has 11 nitrogen and oxygen atoms in total. The van der Waals surface area contributed by atoms with Gasteiger partial charge in [-0.15, -0.1) is 0 Å². The van der Waals surface area contributed by atoms with Gasteiger partial charge in [0, 0.05) is 79.1 Å². The zero-order valence-electron chi connectivity index (χ0n) is 22.8. The van der Waals surface area contributed by atoms with Crippen molar-refractivity contribution >= 4 is 25.7 Å². The highest BCUT2D eigenvalue weighted by Crippen LogP contribution is 2.19. The van der Waals surface area contributed by atoms with Crippen molar-refractivity contribution < 1.29 is 36.4 Å². The lowest BCUT2D eigenvalue weighted by Gasteiger charge is -2.41. The molecule has 3 heterocycles. The molecule has 0 aromatic heterocycles. The summed E-state index contributed by atoms with van der Waals surface area (Å²) in [5.74, 6) is 0. The standard InChI is InChI=1S/C14H32N2O5Si2.C7H17NO3Si/c1-17-22(3,13-15-5-9-19-10-6-15)21-23(4,18-2)14-16-7-11-20-12-8-16;1-10-12(2,9)7-8-3-5-11-6-4-8/h5-14H2,1-4H3;9H,3-7H2,1-2H3. The lowest BCUT2D eigenvalue weighted by Crippen LogP contribution is -2.62. The molecule has 0 aromatic carbocycles. The molecule has 3 rings (SSSR count). The van der Waals surface area contributed by atoms with Crippen LogP contribution in [0.5, 0.6) is 0 Å². The van der Waals surface area contributed by atoms with E-state index in [0.29, 0.717) is 6.17 Å². The van der Waals surface area contributed by atoms with Gasteiger partial charge in [0.1, 0.15) is 0 Å². The summed E-state index contributed by atoms with van der Waals surface area (Å²) < 4.78 is 39.5. The van der Waals surface area contributed by atoms with Crippen molar-refractivity contribution in [3.05, 3.63) is 0 Å². The van der Waals surface area contributed by atoms with E-state index >= 15 is 0 Å². The highest BCUT2D eigenvalue weighted by atomic mass is 28.5. The molecule has 3 atom stereocenters. The maximum absolute atomic E-state index is 9.71. The molecular formula is C21H49N3O8Si3. The molecule has 0 bridgehead atoms. The molecule has 0 radical (unpaired) electrons. The van der Waals surface area contributed by atoms with Crippen LogP contribution in [0.15, 0.2) is 0 Å². The number of morpholine rings is 3. The Balaban J connectivity index is 0.000000303.